The zero-order valence-electron chi connectivity index (χ0n) is 17.0. The highest BCUT2D eigenvalue weighted by Gasteiger charge is 2.40. The van der Waals surface area contributed by atoms with Crippen molar-refractivity contribution in [1.82, 2.24) is 23.3 Å². The molecular weight excluding hydrogens is 358 g/mol. The molecule has 1 aliphatic rings. The van der Waals surface area contributed by atoms with E-state index in [-0.39, 0.29) is 28.6 Å². The minimum Gasteiger partial charge on any atom is -0.493 e. The maximum Gasteiger partial charge on any atom is 0.330 e. The van der Waals surface area contributed by atoms with Gasteiger partial charge in [0.05, 0.1) is 11.7 Å². The fourth-order valence-electron chi connectivity index (χ4n) is 3.89. The number of nitrogens with zero attached hydrogens (tertiary/aromatic N) is 5. The number of aromatic hydroxyl groups is 1. The maximum absolute atomic E-state index is 12.7. The lowest BCUT2D eigenvalue weighted by Gasteiger charge is -2.18. The fraction of sp³-hybridized carbons (Fsp3) is 0.550. The Labute approximate surface area is 162 Å². The smallest absolute Gasteiger partial charge is 0.330 e. The molecule has 0 spiro atoms. The minimum absolute atomic E-state index is 0.00707. The molecule has 0 saturated heterocycles. The molecular formula is C20H27N5O3. The van der Waals surface area contributed by atoms with Crippen LogP contribution < -0.4 is 11.4 Å². The first kappa shape index (κ1) is 18.6. The highest BCUT2D eigenvalue weighted by molar-refractivity contribution is 5.72. The lowest BCUT2D eigenvalue weighted by Crippen LogP contribution is -2.27. The van der Waals surface area contributed by atoms with Gasteiger partial charge in [-0.3, -0.25) is 18.3 Å². The summed E-state index contributed by atoms with van der Waals surface area (Å²) < 4.78 is 6.19. The molecule has 28 heavy (non-hydrogen) atoms. The Hall–Kier alpha value is -2.77. The third kappa shape index (κ3) is 3.06. The molecule has 0 bridgehead atoms. The SMILES string of the molecule is Cn1c(O)cn(CC2CC2c2ccc3c(n2)n(C)c(=O)n3CC(C)(C)C)c1=O. The molecule has 1 aliphatic carbocycles. The van der Waals surface area contributed by atoms with Crippen LogP contribution in [0, 0.1) is 11.3 Å². The fourth-order valence-corrected chi connectivity index (χ4v) is 3.89. The quantitative estimate of drug-likeness (QED) is 0.742. The average molecular weight is 385 g/mol. The van der Waals surface area contributed by atoms with E-state index in [1.54, 1.807) is 27.8 Å². The van der Waals surface area contributed by atoms with Crippen molar-refractivity contribution in [3.63, 3.8) is 0 Å². The van der Waals surface area contributed by atoms with Crippen LogP contribution in [0.4, 0.5) is 0 Å². The van der Waals surface area contributed by atoms with Crippen LogP contribution >= 0.6 is 0 Å². The number of hydrogen-bond donors (Lipinski definition) is 1. The van der Waals surface area contributed by atoms with Gasteiger partial charge < -0.3 is 5.11 Å². The molecule has 150 valence electrons. The van der Waals surface area contributed by atoms with Gasteiger partial charge in [0.25, 0.3) is 0 Å². The Balaban J connectivity index is 1.61. The Bertz CT molecular complexity index is 1170. The van der Waals surface area contributed by atoms with Crippen molar-refractivity contribution >= 4 is 11.2 Å². The molecule has 8 nitrogen and oxygen atoms in total. The minimum atomic E-state index is -0.215. The van der Waals surface area contributed by atoms with E-state index in [0.717, 1.165) is 17.6 Å². The van der Waals surface area contributed by atoms with E-state index in [2.05, 4.69) is 20.8 Å². The molecule has 3 aromatic heterocycles. The van der Waals surface area contributed by atoms with Crippen molar-refractivity contribution in [2.45, 2.75) is 46.2 Å². The Morgan fingerprint density at radius 1 is 1.14 bits per heavy atom. The molecule has 0 aliphatic heterocycles. The van der Waals surface area contributed by atoms with Gasteiger partial charge in [0.1, 0.15) is 0 Å². The van der Waals surface area contributed by atoms with Crippen molar-refractivity contribution in [2.24, 2.45) is 25.4 Å². The first-order valence-corrected chi connectivity index (χ1v) is 9.58. The maximum atomic E-state index is 12.7. The molecule has 0 amide bonds. The molecule has 0 aromatic carbocycles. The van der Waals surface area contributed by atoms with E-state index < -0.39 is 0 Å². The average Bonchev–Trinajstić information content (AvgIpc) is 3.31. The molecule has 0 radical (unpaired) electrons. The van der Waals surface area contributed by atoms with Gasteiger partial charge in [-0.2, -0.15) is 0 Å². The van der Waals surface area contributed by atoms with E-state index in [1.807, 2.05) is 12.1 Å². The zero-order valence-corrected chi connectivity index (χ0v) is 17.0. The summed E-state index contributed by atoms with van der Waals surface area (Å²) in [5.41, 5.74) is 2.24. The Morgan fingerprint density at radius 2 is 1.86 bits per heavy atom. The van der Waals surface area contributed by atoms with E-state index in [1.165, 1.54) is 10.8 Å². The van der Waals surface area contributed by atoms with Gasteiger partial charge in [0.2, 0.25) is 5.88 Å². The van der Waals surface area contributed by atoms with E-state index in [9.17, 15) is 14.7 Å². The second-order valence-electron chi connectivity index (χ2n) is 9.15. The van der Waals surface area contributed by atoms with Crippen molar-refractivity contribution in [2.75, 3.05) is 0 Å². The lowest BCUT2D eigenvalue weighted by atomic mass is 9.97. The topological polar surface area (TPSA) is 87.0 Å². The van der Waals surface area contributed by atoms with Crippen LogP contribution in [-0.4, -0.2) is 28.4 Å². The number of imidazole rings is 2. The van der Waals surface area contributed by atoms with Crippen LogP contribution in [0.2, 0.25) is 0 Å². The largest absolute Gasteiger partial charge is 0.493 e. The van der Waals surface area contributed by atoms with Gasteiger partial charge in [0.15, 0.2) is 5.65 Å². The first-order valence-electron chi connectivity index (χ1n) is 9.58. The summed E-state index contributed by atoms with van der Waals surface area (Å²) >= 11 is 0. The van der Waals surface area contributed by atoms with Crippen LogP contribution in [0.3, 0.4) is 0 Å². The molecule has 2 atom stereocenters. The lowest BCUT2D eigenvalue weighted by molar-refractivity contribution is 0.342. The number of pyridine rings is 1. The molecule has 8 heteroatoms. The molecule has 3 aromatic rings. The summed E-state index contributed by atoms with van der Waals surface area (Å²) in [5.74, 6) is 0.537. The third-order valence-electron chi connectivity index (χ3n) is 5.52. The number of rotatable bonds is 4. The monoisotopic (exact) mass is 385 g/mol. The summed E-state index contributed by atoms with van der Waals surface area (Å²) in [6.07, 6.45) is 2.42. The number of fused-ring (bicyclic) bond motifs is 1. The van der Waals surface area contributed by atoms with Crippen LogP contribution in [-0.2, 0) is 27.2 Å². The van der Waals surface area contributed by atoms with E-state index in [4.69, 9.17) is 4.98 Å². The van der Waals surface area contributed by atoms with Crippen LogP contribution in [0.5, 0.6) is 5.88 Å². The Morgan fingerprint density at radius 3 is 2.46 bits per heavy atom. The van der Waals surface area contributed by atoms with E-state index in [0.29, 0.717) is 24.7 Å². The summed E-state index contributed by atoms with van der Waals surface area (Å²) in [6.45, 7) is 7.52. The summed E-state index contributed by atoms with van der Waals surface area (Å²) in [6, 6.07) is 3.98. The van der Waals surface area contributed by atoms with Crippen molar-refractivity contribution < 1.29 is 5.11 Å². The van der Waals surface area contributed by atoms with Gasteiger partial charge in [-0.1, -0.05) is 20.8 Å². The van der Waals surface area contributed by atoms with Gasteiger partial charge in [-0.25, -0.2) is 14.6 Å². The number of hydrogen-bond acceptors (Lipinski definition) is 4. The highest BCUT2D eigenvalue weighted by atomic mass is 16.3. The second-order valence-corrected chi connectivity index (χ2v) is 9.15. The number of aromatic nitrogens is 5. The van der Waals surface area contributed by atoms with Crippen molar-refractivity contribution in [3.05, 3.63) is 45.0 Å². The molecule has 1 N–H and O–H groups in total. The van der Waals surface area contributed by atoms with Gasteiger partial charge >= 0.3 is 11.4 Å². The number of aryl methyl sites for hydroxylation is 1. The van der Waals surface area contributed by atoms with Gasteiger partial charge in [0, 0.05) is 38.8 Å². The van der Waals surface area contributed by atoms with Crippen LogP contribution in [0.15, 0.2) is 27.9 Å². The van der Waals surface area contributed by atoms with E-state index >= 15 is 0 Å². The third-order valence-corrected chi connectivity index (χ3v) is 5.52. The van der Waals surface area contributed by atoms with Gasteiger partial charge in [-0.15, -0.1) is 0 Å². The molecule has 4 rings (SSSR count). The summed E-state index contributed by atoms with van der Waals surface area (Å²) in [4.78, 5) is 29.5. The van der Waals surface area contributed by atoms with Crippen LogP contribution in [0.25, 0.3) is 11.2 Å². The predicted octanol–water partition coefficient (Wildman–Crippen LogP) is 1.79. The van der Waals surface area contributed by atoms with Crippen molar-refractivity contribution in [1.29, 1.82) is 0 Å². The summed E-state index contributed by atoms with van der Waals surface area (Å²) in [5, 5.41) is 9.69. The zero-order chi connectivity index (χ0) is 20.4. The standard InChI is InChI=1S/C20H27N5O3/c1-20(2,3)11-25-15-7-6-14(21-17(15)23(5)19(25)28)13-8-12(13)9-24-10-16(26)22(4)18(24)27/h6-7,10,12-13,26H,8-9,11H2,1-5H3. The molecule has 1 fully saturated rings. The van der Waals surface area contributed by atoms with Crippen LogP contribution in [0.1, 0.15) is 38.8 Å². The summed E-state index contributed by atoms with van der Waals surface area (Å²) in [7, 11) is 3.31. The Kier molecular flexibility index (Phi) is 4.06. The first-order chi connectivity index (χ1) is 13.1. The molecule has 1 saturated carbocycles. The molecule has 2 unspecified atom stereocenters. The normalized spacial score (nSPS) is 19.5. The van der Waals surface area contributed by atoms with Crippen molar-refractivity contribution in [3.8, 4) is 5.88 Å². The van der Waals surface area contributed by atoms with Gasteiger partial charge in [-0.05, 0) is 29.9 Å². The predicted molar refractivity (Wildman–Crippen MR) is 107 cm³/mol. The second kappa shape index (κ2) is 6.12. The molecule has 3 heterocycles. The highest BCUT2D eigenvalue weighted by Crippen LogP contribution is 2.47.